The largest absolute Gasteiger partial charge is 0.481 e. The number of hydrogen-bond donors (Lipinski definition) is 1. The van der Waals surface area contributed by atoms with Gasteiger partial charge in [-0.15, -0.1) is 0 Å². The molecule has 2 aromatic rings. The van der Waals surface area contributed by atoms with Crippen LogP contribution in [0.25, 0.3) is 0 Å². The lowest BCUT2D eigenvalue weighted by molar-refractivity contribution is -0.148. The number of carbonyl (C=O) groups excluding carboxylic acids is 1. The lowest BCUT2D eigenvalue weighted by Crippen LogP contribution is -2.49. The predicted octanol–water partition coefficient (Wildman–Crippen LogP) is 3.01. The summed E-state index contributed by atoms with van der Waals surface area (Å²) in [6.45, 7) is 0.808. The molecule has 0 aromatic heterocycles. The number of carboxylic acids is 1. The third kappa shape index (κ3) is 3.55. The Hall–Kier alpha value is -2.69. The number of hydrogen-bond acceptors (Lipinski definition) is 2. The van der Waals surface area contributed by atoms with Crippen LogP contribution in [0.5, 0.6) is 0 Å². The van der Waals surface area contributed by atoms with Gasteiger partial charge < -0.3 is 10.0 Å². The molecule has 0 radical (unpaired) electrons. The second-order valence-corrected chi connectivity index (χ2v) is 6.44. The van der Waals surface area contributed by atoms with Gasteiger partial charge in [0.15, 0.2) is 0 Å². The molecule has 1 aliphatic heterocycles. The molecule has 5 heteroatoms. The number of halogens is 1. The van der Waals surface area contributed by atoms with Crippen LogP contribution in [0.4, 0.5) is 4.39 Å². The zero-order chi connectivity index (χ0) is 17.9. The third-order valence-corrected chi connectivity index (χ3v) is 4.97. The highest BCUT2D eigenvalue weighted by molar-refractivity contribution is 5.83. The van der Waals surface area contributed by atoms with E-state index in [1.807, 2.05) is 30.3 Å². The monoisotopic (exact) mass is 341 g/mol. The van der Waals surface area contributed by atoms with Crippen molar-refractivity contribution in [3.05, 3.63) is 71.5 Å². The minimum atomic E-state index is -0.937. The summed E-state index contributed by atoms with van der Waals surface area (Å²) in [6, 6.07) is 15.1. The van der Waals surface area contributed by atoms with Crippen LogP contribution in [0.3, 0.4) is 0 Å². The second-order valence-electron chi connectivity index (χ2n) is 6.44. The number of aliphatic carboxylic acids is 1. The molecule has 1 fully saturated rings. The average Bonchev–Trinajstić information content (AvgIpc) is 2.64. The molecule has 1 N–H and O–H groups in total. The van der Waals surface area contributed by atoms with Crippen LogP contribution in [0, 0.1) is 5.82 Å². The summed E-state index contributed by atoms with van der Waals surface area (Å²) < 4.78 is 13.0. The first-order chi connectivity index (χ1) is 12.0. The molecule has 4 nitrogen and oxygen atoms in total. The standard InChI is InChI=1S/C20H20FNO3/c21-17-8-6-15(7-9-17)14-18(23)22-12-10-20(11-13-22,19(24)25)16-4-2-1-3-5-16/h1-9H,10-14H2,(H,24,25). The van der Waals surface area contributed by atoms with Gasteiger partial charge in [0.05, 0.1) is 11.8 Å². The molecule has 1 saturated heterocycles. The summed E-state index contributed by atoms with van der Waals surface area (Å²) in [7, 11) is 0. The minimum absolute atomic E-state index is 0.0568. The first kappa shape index (κ1) is 17.1. The van der Waals surface area contributed by atoms with Gasteiger partial charge in [0.2, 0.25) is 5.91 Å². The maximum atomic E-state index is 13.0. The molecule has 0 aliphatic carbocycles. The van der Waals surface area contributed by atoms with Crippen molar-refractivity contribution in [2.24, 2.45) is 0 Å². The van der Waals surface area contributed by atoms with Crippen molar-refractivity contribution in [2.75, 3.05) is 13.1 Å². The molecule has 130 valence electrons. The first-order valence-corrected chi connectivity index (χ1v) is 8.32. The van der Waals surface area contributed by atoms with Crippen LogP contribution in [0.1, 0.15) is 24.0 Å². The molecule has 0 atom stereocenters. The molecule has 1 amide bonds. The van der Waals surface area contributed by atoms with Gasteiger partial charge in [0.25, 0.3) is 0 Å². The number of amides is 1. The van der Waals surface area contributed by atoms with Gasteiger partial charge >= 0.3 is 5.97 Å². The van der Waals surface area contributed by atoms with Gasteiger partial charge in [0.1, 0.15) is 5.82 Å². The fourth-order valence-corrected chi connectivity index (χ4v) is 3.41. The summed E-state index contributed by atoms with van der Waals surface area (Å²) in [4.78, 5) is 26.1. The Morgan fingerprint density at radius 2 is 1.60 bits per heavy atom. The van der Waals surface area contributed by atoms with Crippen molar-refractivity contribution in [3.8, 4) is 0 Å². The van der Waals surface area contributed by atoms with E-state index in [0.29, 0.717) is 25.9 Å². The lowest BCUT2D eigenvalue weighted by atomic mass is 9.73. The summed E-state index contributed by atoms with van der Waals surface area (Å²) in [5.41, 5.74) is 0.603. The normalized spacial score (nSPS) is 16.4. The summed E-state index contributed by atoms with van der Waals surface area (Å²) in [6.07, 6.45) is 0.981. The Morgan fingerprint density at radius 3 is 2.16 bits per heavy atom. The molecule has 0 spiro atoms. The van der Waals surface area contributed by atoms with Crippen LogP contribution >= 0.6 is 0 Å². The van der Waals surface area contributed by atoms with Crippen molar-refractivity contribution >= 4 is 11.9 Å². The number of piperidine rings is 1. The molecule has 2 aromatic carbocycles. The fraction of sp³-hybridized carbons (Fsp3) is 0.300. The highest BCUT2D eigenvalue weighted by Crippen LogP contribution is 2.36. The maximum Gasteiger partial charge on any atom is 0.314 e. The van der Waals surface area contributed by atoms with E-state index in [2.05, 4.69) is 0 Å². The smallest absolute Gasteiger partial charge is 0.314 e. The van der Waals surface area contributed by atoms with Crippen LogP contribution in [0.15, 0.2) is 54.6 Å². The number of benzene rings is 2. The Morgan fingerprint density at radius 1 is 1.00 bits per heavy atom. The van der Waals surface area contributed by atoms with Crippen molar-refractivity contribution in [2.45, 2.75) is 24.7 Å². The van der Waals surface area contributed by atoms with Crippen LogP contribution in [0.2, 0.25) is 0 Å². The predicted molar refractivity (Wildman–Crippen MR) is 91.7 cm³/mol. The number of likely N-dealkylation sites (tertiary alicyclic amines) is 1. The van der Waals surface area contributed by atoms with Crippen molar-refractivity contribution < 1.29 is 19.1 Å². The van der Waals surface area contributed by atoms with E-state index in [4.69, 9.17) is 0 Å². The quantitative estimate of drug-likeness (QED) is 0.930. The van der Waals surface area contributed by atoms with Crippen molar-refractivity contribution in [1.82, 2.24) is 4.90 Å². The van der Waals surface area contributed by atoms with E-state index >= 15 is 0 Å². The number of nitrogens with zero attached hydrogens (tertiary/aromatic N) is 1. The molecule has 0 bridgehead atoms. The van der Waals surface area contributed by atoms with Crippen molar-refractivity contribution in [1.29, 1.82) is 0 Å². The van der Waals surface area contributed by atoms with Gasteiger partial charge in [-0.25, -0.2) is 4.39 Å². The molecule has 3 rings (SSSR count). The summed E-state index contributed by atoms with van der Waals surface area (Å²) >= 11 is 0. The van der Waals surface area contributed by atoms with E-state index in [1.165, 1.54) is 12.1 Å². The Balaban J connectivity index is 1.68. The Bertz CT molecular complexity index is 750. The molecular weight excluding hydrogens is 321 g/mol. The highest BCUT2D eigenvalue weighted by atomic mass is 19.1. The Labute approximate surface area is 145 Å². The van der Waals surface area contributed by atoms with E-state index in [0.717, 1.165) is 11.1 Å². The number of carbonyl (C=O) groups is 2. The SMILES string of the molecule is O=C(Cc1ccc(F)cc1)N1CCC(C(=O)O)(c2ccccc2)CC1. The Kier molecular flexibility index (Phi) is 4.83. The van der Waals surface area contributed by atoms with Gasteiger partial charge in [-0.1, -0.05) is 42.5 Å². The lowest BCUT2D eigenvalue weighted by Gasteiger charge is -2.39. The minimum Gasteiger partial charge on any atom is -0.481 e. The van der Waals surface area contributed by atoms with Crippen LogP contribution in [-0.2, 0) is 21.4 Å². The van der Waals surface area contributed by atoms with Gasteiger partial charge in [-0.3, -0.25) is 9.59 Å². The van der Waals surface area contributed by atoms with Gasteiger partial charge in [0, 0.05) is 13.1 Å². The molecule has 25 heavy (non-hydrogen) atoms. The van der Waals surface area contributed by atoms with Gasteiger partial charge in [-0.2, -0.15) is 0 Å². The number of carboxylic acid groups (broad SMARTS) is 1. The molecule has 1 aliphatic rings. The average molecular weight is 341 g/mol. The summed E-state index contributed by atoms with van der Waals surface area (Å²) in [5.74, 6) is -1.23. The number of rotatable bonds is 4. The fourth-order valence-electron chi connectivity index (χ4n) is 3.41. The van der Waals surface area contributed by atoms with Crippen LogP contribution in [-0.4, -0.2) is 35.0 Å². The zero-order valence-corrected chi connectivity index (χ0v) is 13.8. The molecular formula is C20H20FNO3. The second kappa shape index (κ2) is 7.05. The molecule has 0 unspecified atom stereocenters. The van der Waals surface area contributed by atoms with E-state index < -0.39 is 11.4 Å². The first-order valence-electron chi connectivity index (χ1n) is 8.32. The highest BCUT2D eigenvalue weighted by Gasteiger charge is 2.43. The van der Waals surface area contributed by atoms with Crippen LogP contribution < -0.4 is 0 Å². The molecule has 0 saturated carbocycles. The third-order valence-electron chi connectivity index (χ3n) is 4.97. The maximum absolute atomic E-state index is 13.0. The molecule has 1 heterocycles. The van der Waals surface area contributed by atoms with E-state index in [-0.39, 0.29) is 18.1 Å². The zero-order valence-electron chi connectivity index (χ0n) is 13.8. The van der Waals surface area contributed by atoms with E-state index in [9.17, 15) is 19.1 Å². The summed E-state index contributed by atoms with van der Waals surface area (Å²) in [5, 5.41) is 9.79. The van der Waals surface area contributed by atoms with Gasteiger partial charge in [-0.05, 0) is 36.1 Å². The topological polar surface area (TPSA) is 57.6 Å². The van der Waals surface area contributed by atoms with Crippen molar-refractivity contribution in [3.63, 3.8) is 0 Å². The van der Waals surface area contributed by atoms with E-state index in [1.54, 1.807) is 17.0 Å².